The molecule has 3 heterocycles. The molecule has 1 fully saturated rings. The first-order valence-electron chi connectivity index (χ1n) is 8.74. The zero-order valence-electron chi connectivity index (χ0n) is 14.4. The first kappa shape index (κ1) is 16.6. The van der Waals surface area contributed by atoms with E-state index in [0.717, 1.165) is 55.6 Å². The van der Waals surface area contributed by atoms with Crippen LogP contribution in [0.15, 0.2) is 60.9 Å². The van der Waals surface area contributed by atoms with Crippen molar-refractivity contribution in [1.82, 2.24) is 19.9 Å². The Hall–Kier alpha value is -2.86. The first-order chi connectivity index (χ1) is 12.8. The molecular formula is C20H20FN5. The standard InChI is InChI=1S/C20H20FN5/c21-17-6-4-16(5-7-17)15-25-11-13-26(14-12-25)20-23-10-8-19(24-20)18-3-1-2-9-22-18/h1-10H,11-15H2. The van der Waals surface area contributed by atoms with Crippen LogP contribution in [0.5, 0.6) is 0 Å². The zero-order chi connectivity index (χ0) is 17.8. The van der Waals surface area contributed by atoms with Crippen molar-refractivity contribution in [1.29, 1.82) is 0 Å². The van der Waals surface area contributed by atoms with E-state index >= 15 is 0 Å². The molecule has 0 amide bonds. The summed E-state index contributed by atoms with van der Waals surface area (Å²) in [5.74, 6) is 0.554. The molecule has 3 aromatic rings. The van der Waals surface area contributed by atoms with Crippen molar-refractivity contribution in [2.24, 2.45) is 0 Å². The average molecular weight is 349 g/mol. The monoisotopic (exact) mass is 349 g/mol. The Kier molecular flexibility index (Phi) is 4.84. The van der Waals surface area contributed by atoms with E-state index in [1.54, 1.807) is 12.4 Å². The van der Waals surface area contributed by atoms with Gasteiger partial charge in [-0.25, -0.2) is 14.4 Å². The molecule has 5 nitrogen and oxygen atoms in total. The lowest BCUT2D eigenvalue weighted by Crippen LogP contribution is -2.46. The fourth-order valence-electron chi connectivity index (χ4n) is 3.11. The van der Waals surface area contributed by atoms with E-state index in [0.29, 0.717) is 0 Å². The van der Waals surface area contributed by atoms with Crippen LogP contribution in [0, 0.1) is 5.82 Å². The third-order valence-corrected chi connectivity index (χ3v) is 4.54. The van der Waals surface area contributed by atoms with Crippen molar-refractivity contribution in [3.05, 3.63) is 72.3 Å². The van der Waals surface area contributed by atoms with Gasteiger partial charge in [0.1, 0.15) is 5.82 Å². The number of nitrogens with zero attached hydrogens (tertiary/aromatic N) is 5. The number of hydrogen-bond acceptors (Lipinski definition) is 5. The molecule has 2 aromatic heterocycles. The number of benzene rings is 1. The van der Waals surface area contributed by atoms with E-state index in [1.165, 1.54) is 12.1 Å². The Bertz CT molecular complexity index is 846. The normalized spacial score (nSPS) is 15.2. The van der Waals surface area contributed by atoms with Gasteiger partial charge in [-0.1, -0.05) is 18.2 Å². The van der Waals surface area contributed by atoms with E-state index < -0.39 is 0 Å². The Morgan fingerprint density at radius 3 is 2.35 bits per heavy atom. The highest BCUT2D eigenvalue weighted by molar-refractivity contribution is 5.55. The van der Waals surface area contributed by atoms with Crippen LogP contribution < -0.4 is 4.90 Å². The van der Waals surface area contributed by atoms with Crippen molar-refractivity contribution in [3.8, 4) is 11.4 Å². The van der Waals surface area contributed by atoms with Gasteiger partial charge in [-0.05, 0) is 35.9 Å². The fourth-order valence-corrected chi connectivity index (χ4v) is 3.11. The summed E-state index contributed by atoms with van der Waals surface area (Å²) in [6.07, 6.45) is 3.56. The highest BCUT2D eigenvalue weighted by Crippen LogP contribution is 2.18. The fraction of sp³-hybridized carbons (Fsp3) is 0.250. The van der Waals surface area contributed by atoms with Gasteiger partial charge in [0, 0.05) is 45.1 Å². The van der Waals surface area contributed by atoms with Crippen LogP contribution in [0.4, 0.5) is 10.3 Å². The lowest BCUT2D eigenvalue weighted by atomic mass is 10.2. The van der Waals surface area contributed by atoms with Gasteiger partial charge >= 0.3 is 0 Å². The van der Waals surface area contributed by atoms with E-state index in [1.807, 2.05) is 36.4 Å². The van der Waals surface area contributed by atoms with Gasteiger partial charge in [-0.15, -0.1) is 0 Å². The predicted molar refractivity (Wildman–Crippen MR) is 99.2 cm³/mol. The number of hydrogen-bond donors (Lipinski definition) is 0. The number of aromatic nitrogens is 3. The van der Waals surface area contributed by atoms with Crippen molar-refractivity contribution in [3.63, 3.8) is 0 Å². The molecule has 0 radical (unpaired) electrons. The number of rotatable bonds is 4. The van der Waals surface area contributed by atoms with Crippen LogP contribution in [-0.2, 0) is 6.54 Å². The van der Waals surface area contributed by atoms with Gasteiger partial charge in [0.2, 0.25) is 5.95 Å². The second-order valence-electron chi connectivity index (χ2n) is 6.35. The van der Waals surface area contributed by atoms with Gasteiger partial charge in [0.05, 0.1) is 11.4 Å². The topological polar surface area (TPSA) is 45.2 Å². The molecule has 1 aromatic carbocycles. The molecule has 1 aliphatic rings. The van der Waals surface area contributed by atoms with Crippen LogP contribution in [0.1, 0.15) is 5.56 Å². The smallest absolute Gasteiger partial charge is 0.225 e. The molecule has 0 bridgehead atoms. The van der Waals surface area contributed by atoms with Crippen LogP contribution in [-0.4, -0.2) is 46.0 Å². The minimum absolute atomic E-state index is 0.191. The second-order valence-corrected chi connectivity index (χ2v) is 6.35. The van der Waals surface area contributed by atoms with E-state index in [-0.39, 0.29) is 5.82 Å². The molecule has 0 atom stereocenters. The number of piperazine rings is 1. The minimum Gasteiger partial charge on any atom is -0.338 e. The molecule has 1 saturated heterocycles. The van der Waals surface area contributed by atoms with Crippen LogP contribution in [0.25, 0.3) is 11.4 Å². The molecule has 132 valence electrons. The van der Waals surface area contributed by atoms with Crippen molar-refractivity contribution in [2.75, 3.05) is 31.1 Å². The highest BCUT2D eigenvalue weighted by atomic mass is 19.1. The largest absolute Gasteiger partial charge is 0.338 e. The molecule has 0 spiro atoms. The van der Waals surface area contributed by atoms with Crippen molar-refractivity contribution < 1.29 is 4.39 Å². The summed E-state index contributed by atoms with van der Waals surface area (Å²) in [5.41, 5.74) is 2.82. The lowest BCUT2D eigenvalue weighted by Gasteiger charge is -2.34. The Balaban J connectivity index is 1.39. The summed E-state index contributed by atoms with van der Waals surface area (Å²) in [5, 5.41) is 0. The molecule has 4 rings (SSSR count). The lowest BCUT2D eigenvalue weighted by molar-refractivity contribution is 0.248. The molecule has 0 aliphatic carbocycles. The highest BCUT2D eigenvalue weighted by Gasteiger charge is 2.19. The SMILES string of the molecule is Fc1ccc(CN2CCN(c3nccc(-c4ccccn4)n3)CC2)cc1. The molecular weight excluding hydrogens is 329 g/mol. The summed E-state index contributed by atoms with van der Waals surface area (Å²) in [4.78, 5) is 18.0. The Labute approximate surface area is 152 Å². The molecule has 0 N–H and O–H groups in total. The summed E-state index contributed by atoms with van der Waals surface area (Å²) < 4.78 is 13.0. The maximum atomic E-state index is 13.0. The van der Waals surface area contributed by atoms with Crippen LogP contribution >= 0.6 is 0 Å². The van der Waals surface area contributed by atoms with Gasteiger partial charge < -0.3 is 4.90 Å². The molecule has 0 saturated carbocycles. The van der Waals surface area contributed by atoms with Crippen LogP contribution in [0.3, 0.4) is 0 Å². The predicted octanol–water partition coefficient (Wildman–Crippen LogP) is 3.00. The van der Waals surface area contributed by atoms with E-state index in [2.05, 4.69) is 24.8 Å². The van der Waals surface area contributed by atoms with E-state index in [4.69, 9.17) is 0 Å². The number of halogens is 1. The molecule has 1 aliphatic heterocycles. The molecule has 26 heavy (non-hydrogen) atoms. The Morgan fingerprint density at radius 1 is 0.808 bits per heavy atom. The van der Waals surface area contributed by atoms with Crippen LogP contribution in [0.2, 0.25) is 0 Å². The van der Waals surface area contributed by atoms with Gasteiger partial charge in [-0.3, -0.25) is 9.88 Å². The quantitative estimate of drug-likeness (QED) is 0.725. The minimum atomic E-state index is -0.191. The van der Waals surface area contributed by atoms with E-state index in [9.17, 15) is 4.39 Å². The maximum Gasteiger partial charge on any atom is 0.225 e. The third kappa shape index (κ3) is 3.86. The summed E-state index contributed by atoms with van der Waals surface area (Å²) in [6.45, 7) is 4.42. The van der Waals surface area contributed by atoms with Gasteiger partial charge in [0.15, 0.2) is 0 Å². The van der Waals surface area contributed by atoms with Crippen molar-refractivity contribution >= 4 is 5.95 Å². The summed E-state index contributed by atoms with van der Waals surface area (Å²) in [7, 11) is 0. The summed E-state index contributed by atoms with van der Waals surface area (Å²) >= 11 is 0. The number of anilines is 1. The molecule has 0 unspecified atom stereocenters. The number of pyridine rings is 1. The Morgan fingerprint density at radius 2 is 1.62 bits per heavy atom. The zero-order valence-corrected chi connectivity index (χ0v) is 14.4. The van der Waals surface area contributed by atoms with Gasteiger partial charge in [-0.2, -0.15) is 0 Å². The molecule has 6 heteroatoms. The third-order valence-electron chi connectivity index (χ3n) is 4.54. The van der Waals surface area contributed by atoms with Gasteiger partial charge in [0.25, 0.3) is 0 Å². The second kappa shape index (κ2) is 7.58. The summed E-state index contributed by atoms with van der Waals surface area (Å²) in [6, 6.07) is 14.4. The maximum absolute atomic E-state index is 13.0. The van der Waals surface area contributed by atoms with Crippen molar-refractivity contribution in [2.45, 2.75) is 6.54 Å². The first-order valence-corrected chi connectivity index (χ1v) is 8.74. The average Bonchev–Trinajstić information content (AvgIpc) is 2.71.